The zero-order chi connectivity index (χ0) is 9.97. The van der Waals surface area contributed by atoms with Crippen molar-refractivity contribution in [2.24, 2.45) is 0 Å². The van der Waals surface area contributed by atoms with E-state index in [9.17, 15) is 0 Å². The quantitative estimate of drug-likeness (QED) is 0.763. The van der Waals surface area contributed by atoms with Crippen LogP contribution in [0.2, 0.25) is 0 Å². The number of nitrogens with zero attached hydrogens (tertiary/aromatic N) is 4. The maximum absolute atomic E-state index is 5.80. The summed E-state index contributed by atoms with van der Waals surface area (Å²) < 4.78 is 1.80. The van der Waals surface area contributed by atoms with Crippen LogP contribution in [0.3, 0.4) is 0 Å². The molecule has 5 nitrogen and oxygen atoms in total. The minimum Gasteiger partial charge on any atom is -0.397 e. The monoisotopic (exact) mass is 189 g/mol. The number of rotatable bonds is 2. The molecular formula is C9H11N5. The largest absolute Gasteiger partial charge is 0.397 e. The molecule has 0 atom stereocenters. The van der Waals surface area contributed by atoms with Crippen LogP contribution in [0.4, 0.5) is 5.69 Å². The first-order valence-corrected chi connectivity index (χ1v) is 4.41. The number of anilines is 1. The van der Waals surface area contributed by atoms with E-state index in [-0.39, 0.29) is 0 Å². The third-order valence-electron chi connectivity index (χ3n) is 2.05. The molecule has 5 heteroatoms. The third-order valence-corrected chi connectivity index (χ3v) is 2.05. The Morgan fingerprint density at radius 2 is 2.29 bits per heavy atom. The number of nitrogen functional groups attached to an aromatic ring is 1. The average molecular weight is 189 g/mol. The molecule has 2 heterocycles. The van der Waals surface area contributed by atoms with Crippen molar-refractivity contribution in [3.8, 4) is 11.3 Å². The molecule has 0 fully saturated rings. The summed E-state index contributed by atoms with van der Waals surface area (Å²) in [6.45, 7) is 2.78. The SMILES string of the molecule is CCn1nncc1-c1ccncc1N. The highest BCUT2D eigenvalue weighted by Gasteiger charge is 2.07. The Kier molecular flexibility index (Phi) is 2.14. The summed E-state index contributed by atoms with van der Waals surface area (Å²) in [5, 5.41) is 7.79. The van der Waals surface area contributed by atoms with Crippen LogP contribution in [0, 0.1) is 0 Å². The molecule has 0 aliphatic heterocycles. The van der Waals surface area contributed by atoms with Gasteiger partial charge in [-0.1, -0.05) is 5.21 Å². The maximum Gasteiger partial charge on any atom is 0.0907 e. The Morgan fingerprint density at radius 3 is 3.00 bits per heavy atom. The highest BCUT2D eigenvalue weighted by Crippen LogP contribution is 2.23. The highest BCUT2D eigenvalue weighted by molar-refractivity contribution is 5.72. The van der Waals surface area contributed by atoms with Crippen LogP contribution in [0.25, 0.3) is 11.3 Å². The molecule has 0 aromatic carbocycles. The van der Waals surface area contributed by atoms with Crippen molar-refractivity contribution in [1.29, 1.82) is 0 Å². The van der Waals surface area contributed by atoms with Crippen molar-refractivity contribution in [1.82, 2.24) is 20.0 Å². The topological polar surface area (TPSA) is 69.6 Å². The first kappa shape index (κ1) is 8.68. The van der Waals surface area contributed by atoms with Crippen LogP contribution >= 0.6 is 0 Å². The molecular weight excluding hydrogens is 178 g/mol. The minimum atomic E-state index is 0.643. The number of hydrogen-bond donors (Lipinski definition) is 1. The van der Waals surface area contributed by atoms with Crippen LogP contribution in [-0.4, -0.2) is 20.0 Å². The summed E-state index contributed by atoms with van der Waals surface area (Å²) in [6.07, 6.45) is 5.04. The molecule has 0 unspecified atom stereocenters. The van der Waals surface area contributed by atoms with Gasteiger partial charge >= 0.3 is 0 Å². The van der Waals surface area contributed by atoms with Crippen LogP contribution in [0.5, 0.6) is 0 Å². The maximum atomic E-state index is 5.80. The minimum absolute atomic E-state index is 0.643. The number of aromatic nitrogens is 4. The third kappa shape index (κ3) is 1.32. The summed E-state index contributed by atoms with van der Waals surface area (Å²) in [5.41, 5.74) is 8.29. The Balaban J connectivity index is 2.54. The lowest BCUT2D eigenvalue weighted by Crippen LogP contribution is -2.01. The van der Waals surface area contributed by atoms with Gasteiger partial charge in [-0.05, 0) is 13.0 Å². The predicted molar refractivity (Wildman–Crippen MR) is 53.3 cm³/mol. The average Bonchev–Trinajstić information content (AvgIpc) is 2.66. The first-order chi connectivity index (χ1) is 6.83. The molecule has 0 aliphatic carbocycles. The lowest BCUT2D eigenvalue weighted by Gasteiger charge is -2.05. The molecule has 0 bridgehead atoms. The standard InChI is InChI=1S/C9H11N5/c1-2-14-9(6-12-13-14)7-3-4-11-5-8(7)10/h3-6H,2,10H2,1H3. The van der Waals surface area contributed by atoms with E-state index in [1.807, 2.05) is 13.0 Å². The van der Waals surface area contributed by atoms with Crippen LogP contribution < -0.4 is 5.73 Å². The zero-order valence-electron chi connectivity index (χ0n) is 7.88. The highest BCUT2D eigenvalue weighted by atomic mass is 15.4. The summed E-state index contributed by atoms with van der Waals surface area (Å²) >= 11 is 0. The molecule has 0 radical (unpaired) electrons. The molecule has 0 aliphatic rings. The van der Waals surface area contributed by atoms with E-state index in [0.717, 1.165) is 17.8 Å². The molecule has 72 valence electrons. The molecule has 2 rings (SSSR count). The van der Waals surface area contributed by atoms with Crippen molar-refractivity contribution in [2.75, 3.05) is 5.73 Å². The fourth-order valence-corrected chi connectivity index (χ4v) is 1.34. The summed E-state index contributed by atoms with van der Waals surface area (Å²) in [4.78, 5) is 3.94. The van der Waals surface area contributed by atoms with Gasteiger partial charge < -0.3 is 5.73 Å². The van der Waals surface area contributed by atoms with Gasteiger partial charge in [-0.25, -0.2) is 4.68 Å². The lowest BCUT2D eigenvalue weighted by molar-refractivity contribution is 0.633. The van der Waals surface area contributed by atoms with Crippen LogP contribution in [0.1, 0.15) is 6.92 Å². The van der Waals surface area contributed by atoms with Crippen LogP contribution in [-0.2, 0) is 6.54 Å². The second-order valence-electron chi connectivity index (χ2n) is 2.90. The van der Waals surface area contributed by atoms with Crippen molar-refractivity contribution >= 4 is 5.69 Å². The van der Waals surface area contributed by atoms with E-state index >= 15 is 0 Å². The van der Waals surface area contributed by atoms with Gasteiger partial charge in [0.15, 0.2) is 0 Å². The number of aryl methyl sites for hydroxylation is 1. The summed E-state index contributed by atoms with van der Waals surface area (Å²) in [5.74, 6) is 0. The Labute approximate surface area is 81.6 Å². The summed E-state index contributed by atoms with van der Waals surface area (Å²) in [7, 11) is 0. The van der Waals surface area contributed by atoms with Gasteiger partial charge in [0, 0.05) is 18.3 Å². The number of nitrogens with two attached hydrogens (primary N) is 1. The van der Waals surface area contributed by atoms with Crippen LogP contribution in [0.15, 0.2) is 24.7 Å². The summed E-state index contributed by atoms with van der Waals surface area (Å²) in [6, 6.07) is 1.86. The predicted octanol–water partition coefficient (Wildman–Crippen LogP) is 0.942. The Morgan fingerprint density at radius 1 is 1.43 bits per heavy atom. The fraction of sp³-hybridized carbons (Fsp3) is 0.222. The van der Waals surface area contributed by atoms with Gasteiger partial charge in [-0.15, -0.1) is 5.10 Å². The molecule has 14 heavy (non-hydrogen) atoms. The molecule has 2 aromatic rings. The number of hydrogen-bond acceptors (Lipinski definition) is 4. The van der Waals surface area contributed by atoms with Crippen molar-refractivity contribution in [3.63, 3.8) is 0 Å². The van der Waals surface area contributed by atoms with Gasteiger partial charge in [0.05, 0.1) is 23.8 Å². The number of pyridine rings is 1. The van der Waals surface area contributed by atoms with Gasteiger partial charge in [0.25, 0.3) is 0 Å². The van der Waals surface area contributed by atoms with Gasteiger partial charge in [0.1, 0.15) is 0 Å². The second-order valence-corrected chi connectivity index (χ2v) is 2.90. The van der Waals surface area contributed by atoms with Gasteiger partial charge in [0.2, 0.25) is 0 Å². The van der Waals surface area contributed by atoms with E-state index in [4.69, 9.17) is 5.73 Å². The van der Waals surface area contributed by atoms with Gasteiger partial charge in [-0.2, -0.15) is 0 Å². The van der Waals surface area contributed by atoms with Gasteiger partial charge in [-0.3, -0.25) is 4.98 Å². The molecule has 0 saturated carbocycles. The zero-order valence-corrected chi connectivity index (χ0v) is 7.88. The van der Waals surface area contributed by atoms with Crippen molar-refractivity contribution in [2.45, 2.75) is 13.5 Å². The van der Waals surface area contributed by atoms with E-state index in [1.54, 1.807) is 23.3 Å². The normalized spacial score (nSPS) is 10.4. The first-order valence-electron chi connectivity index (χ1n) is 4.41. The lowest BCUT2D eigenvalue weighted by atomic mass is 10.2. The molecule has 0 saturated heterocycles. The Bertz CT molecular complexity index is 434. The van der Waals surface area contributed by atoms with Crippen molar-refractivity contribution < 1.29 is 0 Å². The van der Waals surface area contributed by atoms with E-state index in [1.165, 1.54) is 0 Å². The van der Waals surface area contributed by atoms with E-state index in [0.29, 0.717) is 5.69 Å². The molecule has 2 aromatic heterocycles. The second kappa shape index (κ2) is 3.45. The van der Waals surface area contributed by atoms with E-state index < -0.39 is 0 Å². The molecule has 0 spiro atoms. The molecule has 0 amide bonds. The van der Waals surface area contributed by atoms with Crippen molar-refractivity contribution in [3.05, 3.63) is 24.7 Å². The molecule has 2 N–H and O–H groups in total. The fourth-order valence-electron chi connectivity index (χ4n) is 1.34. The van der Waals surface area contributed by atoms with E-state index in [2.05, 4.69) is 15.3 Å². The smallest absolute Gasteiger partial charge is 0.0907 e. The Hall–Kier alpha value is -1.91.